The molecule has 3 saturated carbocycles. The van der Waals surface area contributed by atoms with Gasteiger partial charge in [0.05, 0.1) is 28.9 Å². The first-order chi connectivity index (χ1) is 28.0. The molecule has 1 aromatic rings. The maximum Gasteiger partial charge on any atom is 0.338 e. The fraction of sp³-hybridized carbons (Fsp3) is 0.630. The SMILES string of the molecule is COC1=C(C)[C@@]2(C)C[C@@H](OC(C)=O)[C@H]3[C@](COC(C)=O)([C@H]2CC1=O)[C@@H](OC(C)=O)[C@H](C)[C@@]31C(C)=C[C@H](OC(=O)c2ccccc2)[C@@]2(C)[C@@H](OC(C)=O)C[C@@]3(C)C[C@@]21OC3=O. The molecule has 0 N–H and O–H groups in total. The van der Waals surface area contributed by atoms with Gasteiger partial charge in [0, 0.05) is 64.2 Å². The summed E-state index contributed by atoms with van der Waals surface area (Å²) < 4.78 is 44.4. The van der Waals surface area contributed by atoms with E-state index in [0.717, 1.165) is 0 Å². The number of hydrogen-bond donors (Lipinski definition) is 0. The van der Waals surface area contributed by atoms with Crippen molar-refractivity contribution in [3.05, 3.63) is 58.9 Å². The van der Waals surface area contributed by atoms with E-state index in [4.69, 9.17) is 33.2 Å². The van der Waals surface area contributed by atoms with E-state index in [2.05, 4.69) is 0 Å². The van der Waals surface area contributed by atoms with Crippen LogP contribution in [0.1, 0.15) is 105 Å². The number of ketones is 1. The molecule has 2 spiro atoms. The molecule has 0 unspecified atom stereocenters. The lowest BCUT2D eigenvalue weighted by molar-refractivity contribution is -0.278. The first kappa shape index (κ1) is 43.1. The average Bonchev–Trinajstić information content (AvgIpc) is 3.53. The molecule has 0 aromatic heterocycles. The maximum absolute atomic E-state index is 14.7. The van der Waals surface area contributed by atoms with Crippen molar-refractivity contribution in [1.29, 1.82) is 0 Å². The molecule has 14 heteroatoms. The van der Waals surface area contributed by atoms with Crippen LogP contribution in [0.5, 0.6) is 0 Å². The van der Waals surface area contributed by atoms with E-state index >= 15 is 0 Å². The number of carbonyl (C=O) groups is 7. The van der Waals surface area contributed by atoms with Crippen molar-refractivity contribution >= 4 is 41.6 Å². The van der Waals surface area contributed by atoms with E-state index in [0.29, 0.717) is 11.1 Å². The first-order valence-corrected chi connectivity index (χ1v) is 20.6. The lowest BCUT2D eigenvalue weighted by Gasteiger charge is -2.68. The molecule has 14 nitrogen and oxygen atoms in total. The highest BCUT2D eigenvalue weighted by Crippen LogP contribution is 2.82. The highest BCUT2D eigenvalue weighted by atomic mass is 16.6. The van der Waals surface area contributed by atoms with Gasteiger partial charge in [0.2, 0.25) is 0 Å². The van der Waals surface area contributed by atoms with Gasteiger partial charge in [0.1, 0.15) is 36.6 Å². The number of ether oxygens (including phenoxy) is 7. The fourth-order valence-electron chi connectivity index (χ4n) is 13.7. The van der Waals surface area contributed by atoms with Crippen LogP contribution in [0.4, 0.5) is 0 Å². The Labute approximate surface area is 350 Å². The third-order valence-electron chi connectivity index (χ3n) is 15.8. The largest absolute Gasteiger partial charge is 0.493 e. The molecule has 324 valence electrons. The number of methoxy groups -OCH3 is 1. The van der Waals surface area contributed by atoms with Crippen molar-refractivity contribution in [2.24, 2.45) is 44.8 Å². The summed E-state index contributed by atoms with van der Waals surface area (Å²) >= 11 is 0. The zero-order chi connectivity index (χ0) is 44.1. The predicted molar refractivity (Wildman–Crippen MR) is 210 cm³/mol. The molecule has 1 saturated heterocycles. The van der Waals surface area contributed by atoms with Gasteiger partial charge in [-0.25, -0.2) is 4.79 Å². The molecule has 0 amide bonds. The Morgan fingerprint density at radius 1 is 0.833 bits per heavy atom. The summed E-state index contributed by atoms with van der Waals surface area (Å²) in [6.07, 6.45) is -2.54. The molecule has 1 aliphatic heterocycles. The molecule has 0 radical (unpaired) electrons. The van der Waals surface area contributed by atoms with Crippen molar-refractivity contribution in [3.63, 3.8) is 0 Å². The van der Waals surface area contributed by atoms with E-state index in [1.54, 1.807) is 57.2 Å². The summed E-state index contributed by atoms with van der Waals surface area (Å²) in [5.74, 6) is -6.48. The molecule has 1 heterocycles. The zero-order valence-corrected chi connectivity index (χ0v) is 36.3. The molecule has 60 heavy (non-hydrogen) atoms. The smallest absolute Gasteiger partial charge is 0.338 e. The van der Waals surface area contributed by atoms with E-state index in [9.17, 15) is 33.6 Å². The second-order valence-electron chi connectivity index (χ2n) is 18.7. The van der Waals surface area contributed by atoms with Gasteiger partial charge in [-0.2, -0.15) is 0 Å². The second-order valence-corrected chi connectivity index (χ2v) is 18.7. The Morgan fingerprint density at radius 3 is 2.05 bits per heavy atom. The number of carbonyl (C=O) groups excluding carboxylic acids is 7. The van der Waals surface area contributed by atoms with Crippen LogP contribution >= 0.6 is 0 Å². The molecular formula is C46H56O14. The Hall–Kier alpha value is -5.01. The summed E-state index contributed by atoms with van der Waals surface area (Å²) in [6.45, 7) is 15.7. The minimum absolute atomic E-state index is 0.0311. The lowest BCUT2D eigenvalue weighted by Crippen LogP contribution is -2.76. The van der Waals surface area contributed by atoms with Gasteiger partial charge in [-0.1, -0.05) is 37.6 Å². The van der Waals surface area contributed by atoms with Crippen LogP contribution in [0.15, 0.2) is 53.3 Å². The lowest BCUT2D eigenvalue weighted by atomic mass is 9.36. The summed E-state index contributed by atoms with van der Waals surface area (Å²) in [4.78, 5) is 96.2. The van der Waals surface area contributed by atoms with Crippen molar-refractivity contribution in [2.45, 2.75) is 125 Å². The van der Waals surface area contributed by atoms with Crippen LogP contribution in [-0.2, 0) is 61.9 Å². The van der Waals surface area contributed by atoms with Crippen LogP contribution in [-0.4, -0.2) is 85.3 Å². The number of esters is 6. The van der Waals surface area contributed by atoms with E-state index < -0.39 is 111 Å². The number of allylic oxidation sites excluding steroid dienone is 2. The van der Waals surface area contributed by atoms with Crippen LogP contribution in [0.2, 0.25) is 0 Å². The predicted octanol–water partition coefficient (Wildman–Crippen LogP) is 5.79. The van der Waals surface area contributed by atoms with E-state index in [1.807, 2.05) is 20.8 Å². The highest BCUT2D eigenvalue weighted by Gasteiger charge is 2.90. The molecule has 5 aliphatic carbocycles. The molecule has 6 aliphatic rings. The fourth-order valence-corrected chi connectivity index (χ4v) is 13.7. The maximum atomic E-state index is 14.7. The van der Waals surface area contributed by atoms with E-state index in [1.165, 1.54) is 34.8 Å². The van der Waals surface area contributed by atoms with Crippen molar-refractivity contribution in [1.82, 2.24) is 0 Å². The van der Waals surface area contributed by atoms with Crippen molar-refractivity contribution in [3.8, 4) is 0 Å². The van der Waals surface area contributed by atoms with Crippen LogP contribution in [0, 0.1) is 44.8 Å². The van der Waals surface area contributed by atoms with Gasteiger partial charge in [-0.05, 0) is 69.2 Å². The van der Waals surface area contributed by atoms with Gasteiger partial charge in [0.25, 0.3) is 0 Å². The normalized spacial score (nSPS) is 41.2. The number of rotatable bonds is 8. The summed E-state index contributed by atoms with van der Waals surface area (Å²) in [7, 11) is 1.42. The standard InChI is InChI=1S/C46H56O14/c1-23-17-34(59-39(52)30-15-13-12-14-16-30)43(10)35(57-28(6)49)20-41(8)21-45(43,60-40(41)53)46(23)25(3)38(58-29(7)50)44(22-55-26(4)47)33-18-31(51)36(54-11)24(2)42(33,9)19-32(37(44)46)56-27(5)48/h12-17,25,32-35,37-38H,18-22H2,1-11H3/t25-,32+,33-,34-,35-,37-,38-,41-,42+,43-,44-,45+,46-/m0/s1. The molecule has 13 atom stereocenters. The molecule has 7 rings (SSSR count). The third kappa shape index (κ3) is 5.60. The molecule has 1 aromatic carbocycles. The second kappa shape index (κ2) is 14.3. The Balaban J connectivity index is 1.62. The van der Waals surface area contributed by atoms with Crippen LogP contribution < -0.4 is 0 Å². The number of Topliss-reactive ketones (excluding diaryl/α,β-unsaturated/α-hetero) is 1. The van der Waals surface area contributed by atoms with Crippen molar-refractivity contribution in [2.75, 3.05) is 13.7 Å². The van der Waals surface area contributed by atoms with Gasteiger partial charge >= 0.3 is 35.8 Å². The number of fused-ring (bicyclic) bond motifs is 5. The van der Waals surface area contributed by atoms with Gasteiger partial charge < -0.3 is 33.2 Å². The Bertz CT molecular complexity index is 2120. The quantitative estimate of drug-likeness (QED) is 0.174. The minimum Gasteiger partial charge on any atom is -0.493 e. The average molecular weight is 833 g/mol. The zero-order valence-electron chi connectivity index (χ0n) is 36.3. The monoisotopic (exact) mass is 832 g/mol. The number of hydrogen-bond acceptors (Lipinski definition) is 14. The van der Waals surface area contributed by atoms with Gasteiger partial charge in [-0.3, -0.25) is 28.8 Å². The third-order valence-corrected chi connectivity index (χ3v) is 15.8. The summed E-state index contributed by atoms with van der Waals surface area (Å²) in [5, 5.41) is 0. The highest BCUT2D eigenvalue weighted by molar-refractivity contribution is 5.96. The Kier molecular flexibility index (Phi) is 10.3. The van der Waals surface area contributed by atoms with Crippen LogP contribution in [0.25, 0.3) is 0 Å². The topological polar surface area (TPSA) is 184 Å². The Morgan fingerprint density at radius 2 is 1.47 bits per heavy atom. The molecule has 4 fully saturated rings. The van der Waals surface area contributed by atoms with Crippen LogP contribution in [0.3, 0.4) is 0 Å². The van der Waals surface area contributed by atoms with E-state index in [-0.39, 0.29) is 49.4 Å². The number of benzene rings is 1. The molecular weight excluding hydrogens is 776 g/mol. The summed E-state index contributed by atoms with van der Waals surface area (Å²) in [6, 6.07) is 8.41. The molecule has 2 bridgehead atoms. The van der Waals surface area contributed by atoms with Crippen molar-refractivity contribution < 1.29 is 66.7 Å². The van der Waals surface area contributed by atoms with Gasteiger partial charge in [-0.15, -0.1) is 0 Å². The first-order valence-electron chi connectivity index (χ1n) is 20.6. The van der Waals surface area contributed by atoms with Gasteiger partial charge in [0.15, 0.2) is 11.5 Å². The summed E-state index contributed by atoms with van der Waals surface area (Å²) in [5.41, 5.74) is -7.04. The minimum atomic E-state index is -1.74.